The summed E-state index contributed by atoms with van der Waals surface area (Å²) >= 11 is 0. The molecule has 1 aliphatic heterocycles. The molecule has 0 fully saturated rings. The number of rotatable bonds is 6. The number of aliphatic imine (C=N–C) groups is 1. The van der Waals surface area contributed by atoms with E-state index in [9.17, 15) is 0 Å². The second-order valence-electron chi connectivity index (χ2n) is 6.30. The van der Waals surface area contributed by atoms with Gasteiger partial charge in [0, 0.05) is 19.2 Å². The topological polar surface area (TPSA) is 106 Å². The molecule has 30 heavy (non-hydrogen) atoms. The van der Waals surface area contributed by atoms with Crippen LogP contribution < -0.4 is 24.8 Å². The molecule has 3 aromatic rings. The molecule has 0 atom stereocenters. The summed E-state index contributed by atoms with van der Waals surface area (Å²) in [6.07, 6.45) is 0. The van der Waals surface area contributed by atoms with Crippen molar-refractivity contribution < 1.29 is 14.2 Å². The Morgan fingerprint density at radius 3 is 2.63 bits per heavy atom. The van der Waals surface area contributed by atoms with E-state index in [4.69, 9.17) is 14.2 Å². The molecule has 0 saturated heterocycles. The van der Waals surface area contributed by atoms with Crippen LogP contribution in [0.5, 0.6) is 17.2 Å². The van der Waals surface area contributed by atoms with E-state index in [1.165, 1.54) is 0 Å². The van der Waals surface area contributed by atoms with E-state index in [2.05, 4.69) is 30.8 Å². The Kier molecular flexibility index (Phi) is 7.33. The minimum absolute atomic E-state index is 0. The molecule has 9 nitrogen and oxygen atoms in total. The number of aromatic nitrogens is 3. The van der Waals surface area contributed by atoms with Gasteiger partial charge in [-0.05, 0) is 42.0 Å². The zero-order valence-electron chi connectivity index (χ0n) is 16.6. The van der Waals surface area contributed by atoms with Gasteiger partial charge in [-0.3, -0.25) is 10.1 Å². The molecule has 0 bridgehead atoms. The molecule has 0 aliphatic carbocycles. The molecule has 0 radical (unpaired) electrons. The molecule has 0 amide bonds. The molecule has 4 rings (SSSR count). The van der Waals surface area contributed by atoms with Crippen molar-refractivity contribution in [2.45, 2.75) is 13.1 Å². The van der Waals surface area contributed by atoms with Gasteiger partial charge in [0.15, 0.2) is 23.3 Å². The van der Waals surface area contributed by atoms with Crippen molar-refractivity contribution in [3.8, 4) is 28.6 Å². The number of nitrogens with one attached hydrogen (secondary N) is 3. The fourth-order valence-electron chi connectivity index (χ4n) is 2.87. The zero-order chi connectivity index (χ0) is 20.1. The number of benzene rings is 2. The highest BCUT2D eigenvalue weighted by Gasteiger charge is 2.13. The third kappa shape index (κ3) is 5.12. The first-order valence-corrected chi connectivity index (χ1v) is 9.14. The number of ether oxygens (including phenoxy) is 3. The summed E-state index contributed by atoms with van der Waals surface area (Å²) in [5.41, 5.74) is 1.98. The molecule has 3 N–H and O–H groups in total. The van der Waals surface area contributed by atoms with E-state index >= 15 is 0 Å². The summed E-state index contributed by atoms with van der Waals surface area (Å²) in [6, 6.07) is 13.5. The Morgan fingerprint density at radius 1 is 1.10 bits per heavy atom. The lowest BCUT2D eigenvalue weighted by Gasteiger charge is -2.11. The van der Waals surface area contributed by atoms with Gasteiger partial charge >= 0.3 is 0 Å². The number of fused-ring (bicyclic) bond motifs is 1. The maximum Gasteiger partial charge on any atom is 0.231 e. The second kappa shape index (κ2) is 10.1. The SMILES string of the molecule is CN=C(NCc1ccc2c(c1)OCO2)NCc1nc(-c2ccc(OC)cc2)n[nH]1.I. The van der Waals surface area contributed by atoms with Crippen LogP contribution in [0.3, 0.4) is 0 Å². The maximum absolute atomic E-state index is 5.41. The van der Waals surface area contributed by atoms with Crippen LogP contribution >= 0.6 is 24.0 Å². The zero-order valence-corrected chi connectivity index (χ0v) is 19.0. The van der Waals surface area contributed by atoms with Gasteiger partial charge in [-0.1, -0.05) is 6.07 Å². The number of hydrogen-bond acceptors (Lipinski definition) is 6. The first-order valence-electron chi connectivity index (χ1n) is 9.14. The van der Waals surface area contributed by atoms with Crippen LogP contribution in [-0.4, -0.2) is 42.1 Å². The van der Waals surface area contributed by atoms with Gasteiger partial charge in [0.25, 0.3) is 0 Å². The van der Waals surface area contributed by atoms with Crippen molar-refractivity contribution >= 4 is 29.9 Å². The van der Waals surface area contributed by atoms with Gasteiger partial charge in [-0.2, -0.15) is 5.10 Å². The molecule has 10 heteroatoms. The van der Waals surface area contributed by atoms with Crippen molar-refractivity contribution in [3.63, 3.8) is 0 Å². The van der Waals surface area contributed by atoms with E-state index < -0.39 is 0 Å². The van der Waals surface area contributed by atoms with Crippen LogP contribution in [0.4, 0.5) is 0 Å². The van der Waals surface area contributed by atoms with Crippen LogP contribution in [0, 0.1) is 0 Å². The number of guanidine groups is 1. The normalized spacial score (nSPS) is 12.3. The Morgan fingerprint density at radius 2 is 1.87 bits per heavy atom. The van der Waals surface area contributed by atoms with Gasteiger partial charge in [-0.25, -0.2) is 4.98 Å². The first-order chi connectivity index (χ1) is 14.2. The van der Waals surface area contributed by atoms with Crippen LogP contribution in [-0.2, 0) is 13.1 Å². The second-order valence-corrected chi connectivity index (χ2v) is 6.30. The Hall–Kier alpha value is -3.02. The van der Waals surface area contributed by atoms with Crippen LogP contribution in [0.25, 0.3) is 11.4 Å². The molecule has 2 aromatic carbocycles. The molecule has 0 unspecified atom stereocenters. The first kappa shape index (κ1) is 21.7. The highest BCUT2D eigenvalue weighted by molar-refractivity contribution is 14.0. The van der Waals surface area contributed by atoms with Crippen molar-refractivity contribution in [3.05, 3.63) is 53.9 Å². The fraction of sp³-hybridized carbons (Fsp3) is 0.250. The van der Waals surface area contributed by atoms with Gasteiger partial charge in [-0.15, -0.1) is 24.0 Å². The standard InChI is InChI=1S/C20H22N6O3.HI/c1-21-20(22-10-13-3-8-16-17(9-13)29-12-28-16)23-11-18-24-19(26-25-18)14-4-6-15(27-2)7-5-14;/h3-9H,10-12H2,1-2H3,(H2,21,22,23)(H,24,25,26);1H. The van der Waals surface area contributed by atoms with Crippen molar-refractivity contribution in [2.75, 3.05) is 21.0 Å². The monoisotopic (exact) mass is 522 g/mol. The quantitative estimate of drug-likeness (QED) is 0.260. The number of aromatic amines is 1. The van der Waals surface area contributed by atoms with Crippen LogP contribution in [0.15, 0.2) is 47.5 Å². The molecule has 158 valence electrons. The third-order valence-corrected chi connectivity index (χ3v) is 4.42. The number of halogens is 1. The number of H-pyrrole nitrogens is 1. The highest BCUT2D eigenvalue weighted by atomic mass is 127. The average Bonchev–Trinajstić information content (AvgIpc) is 3.43. The lowest BCUT2D eigenvalue weighted by molar-refractivity contribution is 0.174. The largest absolute Gasteiger partial charge is 0.497 e. The lowest BCUT2D eigenvalue weighted by Crippen LogP contribution is -2.36. The highest BCUT2D eigenvalue weighted by Crippen LogP contribution is 2.32. The van der Waals surface area contributed by atoms with E-state index in [-0.39, 0.29) is 30.8 Å². The summed E-state index contributed by atoms with van der Waals surface area (Å²) < 4.78 is 15.9. The summed E-state index contributed by atoms with van der Waals surface area (Å²) in [5.74, 6) is 4.33. The smallest absolute Gasteiger partial charge is 0.231 e. The lowest BCUT2D eigenvalue weighted by atomic mass is 10.2. The van der Waals surface area contributed by atoms with E-state index in [0.29, 0.717) is 30.7 Å². The molecule has 1 aromatic heterocycles. The maximum atomic E-state index is 5.41. The molecule has 1 aliphatic rings. The third-order valence-electron chi connectivity index (χ3n) is 4.42. The van der Waals surface area contributed by atoms with Crippen LogP contribution in [0.1, 0.15) is 11.4 Å². The van der Waals surface area contributed by atoms with Crippen molar-refractivity contribution in [1.29, 1.82) is 0 Å². The Bertz CT molecular complexity index is 1010. The molecule has 0 spiro atoms. The predicted molar refractivity (Wildman–Crippen MR) is 123 cm³/mol. The van der Waals surface area contributed by atoms with E-state index in [1.54, 1.807) is 14.2 Å². The summed E-state index contributed by atoms with van der Waals surface area (Å²) in [6.45, 7) is 1.33. The summed E-state index contributed by atoms with van der Waals surface area (Å²) in [4.78, 5) is 8.75. The van der Waals surface area contributed by atoms with Crippen molar-refractivity contribution in [2.24, 2.45) is 4.99 Å². The van der Waals surface area contributed by atoms with Gasteiger partial charge in [0.05, 0.1) is 13.7 Å². The molecular weight excluding hydrogens is 499 g/mol. The van der Waals surface area contributed by atoms with Gasteiger partial charge in [0.2, 0.25) is 6.79 Å². The Balaban J connectivity index is 0.00000256. The van der Waals surface area contributed by atoms with Crippen LogP contribution in [0.2, 0.25) is 0 Å². The molecule has 0 saturated carbocycles. The van der Waals surface area contributed by atoms with Crippen molar-refractivity contribution in [1.82, 2.24) is 25.8 Å². The summed E-state index contributed by atoms with van der Waals surface area (Å²) in [5, 5.41) is 13.7. The molecule has 2 heterocycles. The minimum Gasteiger partial charge on any atom is -0.497 e. The number of hydrogen-bond donors (Lipinski definition) is 3. The minimum atomic E-state index is 0. The van der Waals surface area contributed by atoms with Gasteiger partial charge < -0.3 is 24.8 Å². The number of nitrogens with zero attached hydrogens (tertiary/aromatic N) is 3. The van der Waals surface area contributed by atoms with Gasteiger partial charge in [0.1, 0.15) is 11.6 Å². The number of methoxy groups -OCH3 is 1. The summed E-state index contributed by atoms with van der Waals surface area (Å²) in [7, 11) is 3.36. The molecular formula is C20H23IN6O3. The van der Waals surface area contributed by atoms with E-state index in [1.807, 2.05) is 42.5 Å². The Labute approximate surface area is 191 Å². The average molecular weight is 522 g/mol. The van der Waals surface area contributed by atoms with E-state index in [0.717, 1.165) is 28.4 Å². The fourth-order valence-corrected chi connectivity index (χ4v) is 2.87. The predicted octanol–water partition coefficient (Wildman–Crippen LogP) is 2.69.